The molecule has 0 aliphatic heterocycles. The Kier molecular flexibility index (Phi) is 8.29. The third-order valence-electron chi connectivity index (χ3n) is 4.79. The number of hydrogen-bond donors (Lipinski definition) is 1. The number of ether oxygens (including phenoxy) is 1. The van der Waals surface area contributed by atoms with Crippen LogP contribution in [0.15, 0.2) is 42.5 Å². The quantitative estimate of drug-likeness (QED) is 0.621. The first-order valence-corrected chi connectivity index (χ1v) is 12.0. The first kappa shape index (κ1) is 23.7. The van der Waals surface area contributed by atoms with Gasteiger partial charge in [-0.3, -0.25) is 9.10 Å². The van der Waals surface area contributed by atoms with Gasteiger partial charge in [-0.05, 0) is 62.9 Å². The van der Waals surface area contributed by atoms with Gasteiger partial charge in [-0.25, -0.2) is 8.42 Å². The molecule has 0 spiro atoms. The highest BCUT2D eigenvalue weighted by Gasteiger charge is 2.20. The Bertz CT molecular complexity index is 973. The number of aryl methyl sites for hydroxylation is 3. The van der Waals surface area contributed by atoms with Crippen molar-refractivity contribution in [3.05, 3.63) is 59.2 Å². The lowest BCUT2D eigenvalue weighted by molar-refractivity contribution is -0.121. The Hall–Kier alpha value is -2.54. The van der Waals surface area contributed by atoms with Crippen LogP contribution in [0.4, 0.5) is 5.69 Å². The molecule has 0 saturated carbocycles. The first-order chi connectivity index (χ1) is 14.1. The molecule has 0 aromatic heterocycles. The lowest BCUT2D eigenvalue weighted by Crippen LogP contribution is -2.37. The second-order valence-corrected chi connectivity index (χ2v) is 9.68. The smallest absolute Gasteiger partial charge is 0.232 e. The molecule has 0 heterocycles. The van der Waals surface area contributed by atoms with Crippen molar-refractivity contribution in [3.8, 4) is 5.75 Å². The van der Waals surface area contributed by atoms with E-state index in [4.69, 9.17) is 4.74 Å². The summed E-state index contributed by atoms with van der Waals surface area (Å²) in [6.45, 7) is 8.30. The normalized spacial score (nSPS) is 12.3. The molecule has 30 heavy (non-hydrogen) atoms. The van der Waals surface area contributed by atoms with Gasteiger partial charge < -0.3 is 10.1 Å². The number of carbonyl (C=O) groups is 1. The first-order valence-electron chi connectivity index (χ1n) is 10.1. The number of sulfonamides is 1. The van der Waals surface area contributed by atoms with E-state index in [2.05, 4.69) is 5.32 Å². The SMILES string of the molecule is Cc1ccc(C)c(N(CCCC(=O)NC(C)COc2ccccc2C)S(C)(=O)=O)c1. The molecule has 0 bridgehead atoms. The second kappa shape index (κ2) is 10.5. The molecule has 0 aliphatic rings. The Morgan fingerprint density at radius 2 is 1.80 bits per heavy atom. The van der Waals surface area contributed by atoms with Crippen molar-refractivity contribution in [1.82, 2.24) is 5.32 Å². The van der Waals surface area contributed by atoms with Crippen LogP contribution < -0.4 is 14.4 Å². The van der Waals surface area contributed by atoms with Gasteiger partial charge in [-0.1, -0.05) is 30.3 Å². The highest BCUT2D eigenvalue weighted by Crippen LogP contribution is 2.24. The topological polar surface area (TPSA) is 75.7 Å². The molecule has 0 radical (unpaired) electrons. The second-order valence-electron chi connectivity index (χ2n) is 7.77. The van der Waals surface area contributed by atoms with Crippen LogP contribution in [0.1, 0.15) is 36.5 Å². The van der Waals surface area contributed by atoms with Crippen molar-refractivity contribution in [2.24, 2.45) is 0 Å². The minimum atomic E-state index is -3.44. The fraction of sp³-hybridized carbons (Fsp3) is 0.435. The number of hydrogen-bond acceptors (Lipinski definition) is 4. The van der Waals surface area contributed by atoms with Crippen molar-refractivity contribution in [1.29, 1.82) is 0 Å². The molecule has 1 N–H and O–H groups in total. The maximum atomic E-state index is 12.3. The summed E-state index contributed by atoms with van der Waals surface area (Å²) < 4.78 is 31.8. The molecule has 1 unspecified atom stereocenters. The molecule has 1 atom stereocenters. The largest absolute Gasteiger partial charge is 0.491 e. The van der Waals surface area contributed by atoms with Crippen LogP contribution in [0.3, 0.4) is 0 Å². The summed E-state index contributed by atoms with van der Waals surface area (Å²) in [5, 5.41) is 2.91. The van der Waals surface area contributed by atoms with Gasteiger partial charge in [-0.2, -0.15) is 0 Å². The van der Waals surface area contributed by atoms with Crippen molar-refractivity contribution in [2.75, 3.05) is 23.7 Å². The van der Waals surface area contributed by atoms with Gasteiger partial charge in [0.2, 0.25) is 15.9 Å². The van der Waals surface area contributed by atoms with Crippen LogP contribution in [-0.2, 0) is 14.8 Å². The zero-order chi connectivity index (χ0) is 22.3. The predicted octanol–water partition coefficient (Wildman–Crippen LogP) is 3.74. The minimum Gasteiger partial charge on any atom is -0.491 e. The molecular formula is C23H32N2O4S. The van der Waals surface area contributed by atoms with E-state index in [1.54, 1.807) is 0 Å². The molecule has 2 aromatic carbocycles. The van der Waals surface area contributed by atoms with E-state index in [1.807, 2.05) is 70.2 Å². The standard InChI is InChI=1S/C23H32N2O4S/c1-17-12-13-18(2)21(15-17)25(30(5,27)28)14-8-11-23(26)24-20(4)16-29-22-10-7-6-9-19(22)3/h6-7,9-10,12-13,15,20H,8,11,14,16H2,1-5H3,(H,24,26). The number of para-hydroxylation sites is 1. The van der Waals surface area contributed by atoms with Crippen LogP contribution in [0.5, 0.6) is 5.75 Å². The van der Waals surface area contributed by atoms with Gasteiger partial charge >= 0.3 is 0 Å². The summed E-state index contributed by atoms with van der Waals surface area (Å²) in [4.78, 5) is 12.3. The monoisotopic (exact) mass is 432 g/mol. The van der Waals surface area contributed by atoms with E-state index in [0.717, 1.165) is 22.4 Å². The summed E-state index contributed by atoms with van der Waals surface area (Å²) in [6, 6.07) is 13.3. The third-order valence-corrected chi connectivity index (χ3v) is 5.97. The van der Waals surface area contributed by atoms with Crippen LogP contribution in [0.25, 0.3) is 0 Å². The van der Waals surface area contributed by atoms with E-state index in [9.17, 15) is 13.2 Å². The summed E-state index contributed by atoms with van der Waals surface area (Å²) in [5.41, 5.74) is 3.59. The molecule has 2 rings (SSSR count). The Morgan fingerprint density at radius 1 is 1.10 bits per heavy atom. The van der Waals surface area contributed by atoms with Gasteiger partial charge in [0.1, 0.15) is 12.4 Å². The molecular weight excluding hydrogens is 400 g/mol. The molecule has 0 aliphatic carbocycles. The van der Waals surface area contributed by atoms with E-state index in [-0.39, 0.29) is 24.9 Å². The Balaban J connectivity index is 1.86. The van der Waals surface area contributed by atoms with Crippen molar-refractivity contribution in [3.63, 3.8) is 0 Å². The highest BCUT2D eigenvalue weighted by molar-refractivity contribution is 7.92. The molecule has 164 valence electrons. The number of nitrogens with one attached hydrogen (secondary N) is 1. The van der Waals surface area contributed by atoms with E-state index < -0.39 is 10.0 Å². The van der Waals surface area contributed by atoms with Crippen molar-refractivity contribution < 1.29 is 17.9 Å². The van der Waals surface area contributed by atoms with E-state index >= 15 is 0 Å². The maximum Gasteiger partial charge on any atom is 0.232 e. The molecule has 2 aromatic rings. The summed E-state index contributed by atoms with van der Waals surface area (Å²) in [5.74, 6) is 0.682. The number of nitrogens with zero attached hydrogens (tertiary/aromatic N) is 1. The zero-order valence-electron chi connectivity index (χ0n) is 18.4. The molecule has 7 heteroatoms. The fourth-order valence-corrected chi connectivity index (χ4v) is 4.17. The average molecular weight is 433 g/mol. The number of carbonyl (C=O) groups excluding carboxylic acids is 1. The van der Waals surface area contributed by atoms with Gasteiger partial charge in [0.05, 0.1) is 18.0 Å². The van der Waals surface area contributed by atoms with Gasteiger partial charge in [0, 0.05) is 13.0 Å². The highest BCUT2D eigenvalue weighted by atomic mass is 32.2. The van der Waals surface area contributed by atoms with Crippen LogP contribution in [0.2, 0.25) is 0 Å². The molecule has 1 amide bonds. The van der Waals surface area contributed by atoms with Gasteiger partial charge in [-0.15, -0.1) is 0 Å². The Labute approximate surface area is 180 Å². The molecule has 0 saturated heterocycles. The van der Waals surface area contributed by atoms with Gasteiger partial charge in [0.15, 0.2) is 0 Å². The predicted molar refractivity (Wildman–Crippen MR) is 122 cm³/mol. The number of anilines is 1. The lowest BCUT2D eigenvalue weighted by atomic mass is 10.1. The molecule has 0 fully saturated rings. The van der Waals surface area contributed by atoms with Crippen LogP contribution in [0, 0.1) is 20.8 Å². The number of amides is 1. The van der Waals surface area contributed by atoms with Crippen molar-refractivity contribution >= 4 is 21.6 Å². The van der Waals surface area contributed by atoms with Crippen LogP contribution in [-0.4, -0.2) is 39.8 Å². The van der Waals surface area contributed by atoms with E-state index in [1.165, 1.54) is 10.6 Å². The average Bonchev–Trinajstić information content (AvgIpc) is 2.66. The minimum absolute atomic E-state index is 0.120. The fourth-order valence-electron chi connectivity index (χ4n) is 3.16. The summed E-state index contributed by atoms with van der Waals surface area (Å²) in [6.07, 6.45) is 1.86. The number of rotatable bonds is 10. The summed E-state index contributed by atoms with van der Waals surface area (Å²) in [7, 11) is -3.44. The third kappa shape index (κ3) is 7.06. The van der Waals surface area contributed by atoms with E-state index in [0.29, 0.717) is 18.7 Å². The zero-order valence-corrected chi connectivity index (χ0v) is 19.3. The van der Waals surface area contributed by atoms with Crippen molar-refractivity contribution in [2.45, 2.75) is 46.6 Å². The Morgan fingerprint density at radius 3 is 2.47 bits per heavy atom. The summed E-state index contributed by atoms with van der Waals surface area (Å²) >= 11 is 0. The lowest BCUT2D eigenvalue weighted by Gasteiger charge is -2.24. The maximum absolute atomic E-state index is 12.3. The van der Waals surface area contributed by atoms with Gasteiger partial charge in [0.25, 0.3) is 0 Å². The van der Waals surface area contributed by atoms with Crippen LogP contribution >= 0.6 is 0 Å². The molecule has 6 nitrogen and oxygen atoms in total. The number of benzene rings is 2.